The zero-order valence-electron chi connectivity index (χ0n) is 20.4. The smallest absolute Gasteiger partial charge is 0.295 e. The summed E-state index contributed by atoms with van der Waals surface area (Å²) in [5, 5.41) is 11.2. The summed E-state index contributed by atoms with van der Waals surface area (Å²) < 4.78 is 11.1. The monoisotopic (exact) mass is 479 g/mol. The van der Waals surface area contributed by atoms with Crippen LogP contribution in [0.1, 0.15) is 37.4 Å². The van der Waals surface area contributed by atoms with Crippen molar-refractivity contribution in [3.8, 4) is 5.75 Å². The molecule has 0 saturated carbocycles. The number of likely N-dealkylation sites (tertiary alicyclic amines) is 1. The number of pyridine rings is 1. The second-order valence-corrected chi connectivity index (χ2v) is 9.32. The maximum absolute atomic E-state index is 13.1. The van der Waals surface area contributed by atoms with Crippen LogP contribution < -0.4 is 4.74 Å². The highest BCUT2D eigenvalue weighted by molar-refractivity contribution is 6.46. The molecular formula is C27H33N3O5. The summed E-state index contributed by atoms with van der Waals surface area (Å²) in [6.07, 6.45) is 4.00. The van der Waals surface area contributed by atoms with Gasteiger partial charge in [0.05, 0.1) is 31.4 Å². The van der Waals surface area contributed by atoms with Crippen LogP contribution in [0.4, 0.5) is 0 Å². The Labute approximate surface area is 206 Å². The molecule has 186 valence electrons. The van der Waals surface area contributed by atoms with Crippen LogP contribution in [0.25, 0.3) is 5.76 Å². The number of nitrogens with zero attached hydrogens (tertiary/aromatic N) is 3. The van der Waals surface area contributed by atoms with Crippen molar-refractivity contribution >= 4 is 17.4 Å². The summed E-state index contributed by atoms with van der Waals surface area (Å²) in [5.74, 6) is -0.394. The first kappa shape index (κ1) is 24.9. The van der Waals surface area contributed by atoms with Crippen molar-refractivity contribution in [2.24, 2.45) is 5.92 Å². The summed E-state index contributed by atoms with van der Waals surface area (Å²) in [6, 6.07) is 9.84. The molecule has 1 N–H and O–H groups in total. The third kappa shape index (κ3) is 5.89. The average molecular weight is 480 g/mol. The Morgan fingerprint density at radius 2 is 1.89 bits per heavy atom. The van der Waals surface area contributed by atoms with Gasteiger partial charge in [0.1, 0.15) is 11.5 Å². The normalized spacial score (nSPS) is 20.5. The molecule has 4 rings (SSSR count). The van der Waals surface area contributed by atoms with Gasteiger partial charge in [-0.1, -0.05) is 19.9 Å². The number of morpholine rings is 1. The predicted octanol–water partition coefficient (Wildman–Crippen LogP) is 3.26. The number of ketones is 1. The summed E-state index contributed by atoms with van der Waals surface area (Å²) in [6.45, 7) is 9.08. The molecule has 0 unspecified atom stereocenters. The molecular weight excluding hydrogens is 446 g/mol. The Balaban J connectivity index is 1.59. The lowest BCUT2D eigenvalue weighted by Crippen LogP contribution is -2.39. The lowest BCUT2D eigenvalue weighted by Gasteiger charge is -2.29. The predicted molar refractivity (Wildman–Crippen MR) is 132 cm³/mol. The van der Waals surface area contributed by atoms with E-state index in [0.717, 1.165) is 19.6 Å². The van der Waals surface area contributed by atoms with Gasteiger partial charge in [0.2, 0.25) is 0 Å². The van der Waals surface area contributed by atoms with E-state index in [1.807, 2.05) is 6.07 Å². The lowest BCUT2D eigenvalue weighted by molar-refractivity contribution is -0.140. The highest BCUT2D eigenvalue weighted by Gasteiger charge is 2.45. The number of aromatic nitrogens is 1. The molecule has 2 aromatic rings. The van der Waals surface area contributed by atoms with Gasteiger partial charge in [-0.25, -0.2) is 0 Å². The van der Waals surface area contributed by atoms with Crippen LogP contribution in [0.5, 0.6) is 5.75 Å². The largest absolute Gasteiger partial charge is 0.507 e. The zero-order chi connectivity index (χ0) is 24.8. The van der Waals surface area contributed by atoms with Gasteiger partial charge in [-0.05, 0) is 48.2 Å². The molecule has 0 bridgehead atoms. The van der Waals surface area contributed by atoms with Crippen molar-refractivity contribution < 1.29 is 24.2 Å². The Morgan fingerprint density at radius 1 is 1.14 bits per heavy atom. The molecule has 2 saturated heterocycles. The maximum Gasteiger partial charge on any atom is 0.295 e. The topological polar surface area (TPSA) is 92.2 Å². The SMILES string of the molecule is CC(C)COc1ccc(C(O)=C2C(=O)C(=O)N(CCCN3CCOCC3)[C@H]2c2cccnc2)cc1. The van der Waals surface area contributed by atoms with Crippen LogP contribution in [0, 0.1) is 5.92 Å². The van der Waals surface area contributed by atoms with E-state index in [4.69, 9.17) is 9.47 Å². The van der Waals surface area contributed by atoms with Crippen molar-refractivity contribution in [1.82, 2.24) is 14.8 Å². The van der Waals surface area contributed by atoms with E-state index in [-0.39, 0.29) is 11.3 Å². The highest BCUT2D eigenvalue weighted by atomic mass is 16.5. The Morgan fingerprint density at radius 3 is 2.54 bits per heavy atom. The van der Waals surface area contributed by atoms with E-state index in [9.17, 15) is 14.7 Å². The van der Waals surface area contributed by atoms with E-state index < -0.39 is 17.7 Å². The number of rotatable bonds is 9. The van der Waals surface area contributed by atoms with Crippen LogP contribution in [0.2, 0.25) is 0 Å². The fourth-order valence-electron chi connectivity index (χ4n) is 4.41. The van der Waals surface area contributed by atoms with Gasteiger partial charge in [0.25, 0.3) is 11.7 Å². The molecule has 2 fully saturated rings. The zero-order valence-corrected chi connectivity index (χ0v) is 20.4. The van der Waals surface area contributed by atoms with Crippen LogP contribution in [0.15, 0.2) is 54.4 Å². The molecule has 1 atom stereocenters. The fraction of sp³-hybridized carbons (Fsp3) is 0.444. The number of Topliss-reactive ketones (excluding diaryl/α,β-unsaturated/α-hetero) is 1. The second kappa shape index (κ2) is 11.5. The van der Waals surface area contributed by atoms with Crippen LogP contribution in [0.3, 0.4) is 0 Å². The number of hydrogen-bond donors (Lipinski definition) is 1. The minimum absolute atomic E-state index is 0.0882. The van der Waals surface area contributed by atoms with Gasteiger partial charge < -0.3 is 19.5 Å². The van der Waals surface area contributed by atoms with E-state index in [2.05, 4.69) is 23.7 Å². The molecule has 2 aliphatic heterocycles. The molecule has 2 aliphatic rings. The van der Waals surface area contributed by atoms with E-state index in [1.54, 1.807) is 47.6 Å². The Bertz CT molecular complexity index is 1050. The Kier molecular flexibility index (Phi) is 8.15. The minimum Gasteiger partial charge on any atom is -0.507 e. The third-order valence-corrected chi connectivity index (χ3v) is 6.23. The first-order chi connectivity index (χ1) is 17.0. The Hall–Kier alpha value is -3.23. The van der Waals surface area contributed by atoms with Crippen molar-refractivity contribution in [2.45, 2.75) is 26.3 Å². The molecule has 1 amide bonds. The number of benzene rings is 1. The summed E-state index contributed by atoms with van der Waals surface area (Å²) in [4.78, 5) is 34.3. The number of amides is 1. The minimum atomic E-state index is -0.690. The van der Waals surface area contributed by atoms with Gasteiger partial charge in [-0.3, -0.25) is 19.5 Å². The average Bonchev–Trinajstić information content (AvgIpc) is 3.13. The standard InChI is InChI=1S/C27H33N3O5/c1-19(2)18-35-22-8-6-20(7-9-22)25(31)23-24(21-5-3-10-28-17-21)30(27(33)26(23)32)12-4-11-29-13-15-34-16-14-29/h3,5-10,17,19,24,31H,4,11-16,18H2,1-2H3/t24-/m0/s1. The molecule has 3 heterocycles. The van der Waals surface area contributed by atoms with Crippen LogP contribution >= 0.6 is 0 Å². The lowest BCUT2D eigenvalue weighted by atomic mass is 9.96. The molecule has 35 heavy (non-hydrogen) atoms. The van der Waals surface area contributed by atoms with Crippen molar-refractivity contribution in [3.63, 3.8) is 0 Å². The first-order valence-corrected chi connectivity index (χ1v) is 12.2. The van der Waals surface area contributed by atoms with Gasteiger partial charge in [0.15, 0.2) is 0 Å². The number of aliphatic hydroxyl groups is 1. The number of hydrogen-bond acceptors (Lipinski definition) is 7. The van der Waals surface area contributed by atoms with E-state index in [0.29, 0.717) is 55.6 Å². The number of carbonyl (C=O) groups excluding carboxylic acids is 2. The molecule has 1 aromatic heterocycles. The molecule has 0 spiro atoms. The van der Waals surface area contributed by atoms with Crippen molar-refractivity contribution in [1.29, 1.82) is 0 Å². The van der Waals surface area contributed by atoms with Gasteiger partial charge in [-0.2, -0.15) is 0 Å². The third-order valence-electron chi connectivity index (χ3n) is 6.23. The molecule has 0 radical (unpaired) electrons. The second-order valence-electron chi connectivity index (χ2n) is 9.32. The van der Waals surface area contributed by atoms with Gasteiger partial charge in [0, 0.05) is 44.1 Å². The molecule has 1 aromatic carbocycles. The molecule has 8 heteroatoms. The quantitative estimate of drug-likeness (QED) is 0.335. The highest BCUT2D eigenvalue weighted by Crippen LogP contribution is 2.39. The van der Waals surface area contributed by atoms with E-state index in [1.165, 1.54) is 0 Å². The summed E-state index contributed by atoms with van der Waals surface area (Å²) in [7, 11) is 0. The summed E-state index contributed by atoms with van der Waals surface area (Å²) >= 11 is 0. The first-order valence-electron chi connectivity index (χ1n) is 12.2. The van der Waals surface area contributed by atoms with Crippen molar-refractivity contribution in [2.75, 3.05) is 46.0 Å². The molecule has 8 nitrogen and oxygen atoms in total. The number of aliphatic hydroxyl groups excluding tert-OH is 1. The van der Waals surface area contributed by atoms with Gasteiger partial charge in [-0.15, -0.1) is 0 Å². The number of carbonyl (C=O) groups is 2. The van der Waals surface area contributed by atoms with Crippen molar-refractivity contribution in [3.05, 3.63) is 65.5 Å². The van der Waals surface area contributed by atoms with Crippen LogP contribution in [-0.2, 0) is 14.3 Å². The van der Waals surface area contributed by atoms with E-state index >= 15 is 0 Å². The number of ether oxygens (including phenoxy) is 2. The maximum atomic E-state index is 13.1. The fourth-order valence-corrected chi connectivity index (χ4v) is 4.41. The van der Waals surface area contributed by atoms with Crippen LogP contribution in [-0.4, -0.2) is 77.6 Å². The summed E-state index contributed by atoms with van der Waals surface area (Å²) in [5.41, 5.74) is 1.24. The molecule has 0 aliphatic carbocycles. The van der Waals surface area contributed by atoms with Gasteiger partial charge >= 0.3 is 0 Å².